The molecule has 3 nitrogen and oxygen atoms in total. The summed E-state index contributed by atoms with van der Waals surface area (Å²) in [6, 6.07) is 0.430. The van der Waals surface area contributed by atoms with Gasteiger partial charge in [0.25, 0.3) is 0 Å². The lowest BCUT2D eigenvalue weighted by molar-refractivity contribution is 0.201. The molecule has 5 heteroatoms. The van der Waals surface area contributed by atoms with Crippen molar-refractivity contribution >= 4 is 21.6 Å². The molecule has 0 radical (unpaired) electrons. The molecule has 17 heavy (non-hydrogen) atoms. The molecule has 2 aliphatic heterocycles. The van der Waals surface area contributed by atoms with Crippen molar-refractivity contribution in [2.45, 2.75) is 45.2 Å². The zero-order chi connectivity index (χ0) is 12.7. The smallest absolute Gasteiger partial charge is 0.152 e. The van der Waals surface area contributed by atoms with Gasteiger partial charge < -0.3 is 5.32 Å². The average molecular weight is 277 g/mol. The summed E-state index contributed by atoms with van der Waals surface area (Å²) in [5.74, 6) is 2.97. The highest BCUT2D eigenvalue weighted by Crippen LogP contribution is 2.36. The lowest BCUT2D eigenvalue weighted by atomic mass is 9.81. The molecule has 0 aromatic carbocycles. The van der Waals surface area contributed by atoms with Gasteiger partial charge in [-0.1, -0.05) is 13.8 Å². The van der Waals surface area contributed by atoms with Crippen LogP contribution in [0.5, 0.6) is 0 Å². The second kappa shape index (κ2) is 4.42. The van der Waals surface area contributed by atoms with Crippen molar-refractivity contribution in [3.63, 3.8) is 0 Å². The predicted octanol–water partition coefficient (Wildman–Crippen LogP) is 1.68. The lowest BCUT2D eigenvalue weighted by Gasteiger charge is -2.43. The van der Waals surface area contributed by atoms with E-state index in [-0.39, 0.29) is 11.0 Å². The summed E-state index contributed by atoms with van der Waals surface area (Å²) in [7, 11) is -2.81. The highest BCUT2D eigenvalue weighted by molar-refractivity contribution is 7.99. The molecule has 0 spiro atoms. The van der Waals surface area contributed by atoms with E-state index in [9.17, 15) is 8.42 Å². The molecule has 2 unspecified atom stereocenters. The molecule has 0 aromatic heterocycles. The fourth-order valence-corrected chi connectivity index (χ4v) is 6.43. The first kappa shape index (κ1) is 13.7. The molecular formula is C12H23NO2S2. The van der Waals surface area contributed by atoms with Crippen molar-refractivity contribution in [3.05, 3.63) is 0 Å². The molecule has 2 aliphatic rings. The zero-order valence-electron chi connectivity index (χ0n) is 11.0. The Morgan fingerprint density at radius 3 is 2.47 bits per heavy atom. The number of hydrogen-bond donors (Lipinski definition) is 1. The summed E-state index contributed by atoms with van der Waals surface area (Å²) in [6.07, 6.45) is 1.96. The number of thioether (sulfide) groups is 1. The van der Waals surface area contributed by atoms with Gasteiger partial charge in [0.2, 0.25) is 0 Å². The summed E-state index contributed by atoms with van der Waals surface area (Å²) in [5.41, 5.74) is 0.0687. The van der Waals surface area contributed by atoms with E-state index < -0.39 is 9.84 Å². The first-order valence-corrected chi connectivity index (χ1v) is 9.26. The molecule has 1 N–H and O–H groups in total. The van der Waals surface area contributed by atoms with Crippen molar-refractivity contribution < 1.29 is 8.42 Å². The molecule has 2 saturated heterocycles. The van der Waals surface area contributed by atoms with E-state index in [2.05, 4.69) is 26.1 Å². The van der Waals surface area contributed by atoms with E-state index in [1.807, 2.05) is 11.8 Å². The van der Waals surface area contributed by atoms with E-state index in [1.54, 1.807) is 0 Å². The number of hydrogen-bond acceptors (Lipinski definition) is 4. The molecule has 0 saturated carbocycles. The largest absolute Gasteiger partial charge is 0.306 e. The Labute approximate surface area is 109 Å². The Balaban J connectivity index is 2.05. The lowest BCUT2D eigenvalue weighted by Crippen LogP contribution is -2.56. The fourth-order valence-electron chi connectivity index (χ4n) is 2.72. The minimum Gasteiger partial charge on any atom is -0.306 e. The van der Waals surface area contributed by atoms with Crippen LogP contribution >= 0.6 is 11.8 Å². The number of rotatable bonds is 2. The van der Waals surface area contributed by atoms with Crippen LogP contribution in [0.15, 0.2) is 0 Å². The first-order chi connectivity index (χ1) is 7.73. The summed E-state index contributed by atoms with van der Waals surface area (Å²) in [6.45, 7) is 6.64. The summed E-state index contributed by atoms with van der Waals surface area (Å²) < 4.78 is 23.2. The normalized spacial score (nSPS) is 40.3. The van der Waals surface area contributed by atoms with Gasteiger partial charge in [0.1, 0.15) is 0 Å². The van der Waals surface area contributed by atoms with Crippen LogP contribution in [0.25, 0.3) is 0 Å². The van der Waals surface area contributed by atoms with Gasteiger partial charge in [-0.3, -0.25) is 0 Å². The van der Waals surface area contributed by atoms with E-state index >= 15 is 0 Å². The van der Waals surface area contributed by atoms with Gasteiger partial charge in [0, 0.05) is 17.3 Å². The van der Waals surface area contributed by atoms with E-state index in [0.717, 1.165) is 12.2 Å². The van der Waals surface area contributed by atoms with Crippen LogP contribution in [-0.4, -0.2) is 43.0 Å². The van der Waals surface area contributed by atoms with Crippen molar-refractivity contribution in [1.82, 2.24) is 5.32 Å². The Morgan fingerprint density at radius 1 is 1.24 bits per heavy atom. The third-order valence-corrected chi connectivity index (χ3v) is 7.11. The molecular weight excluding hydrogens is 254 g/mol. The molecule has 2 fully saturated rings. The van der Waals surface area contributed by atoms with Crippen LogP contribution in [0.1, 0.15) is 33.6 Å². The molecule has 0 amide bonds. The quantitative estimate of drug-likeness (QED) is 0.834. The topological polar surface area (TPSA) is 46.2 Å². The second-order valence-electron chi connectivity index (χ2n) is 6.41. The second-order valence-corrected chi connectivity index (χ2v) is 9.75. The van der Waals surface area contributed by atoms with Gasteiger partial charge in [0.15, 0.2) is 9.84 Å². The zero-order valence-corrected chi connectivity index (χ0v) is 12.6. The minimum atomic E-state index is -2.81. The maximum Gasteiger partial charge on any atom is 0.152 e. The highest BCUT2D eigenvalue weighted by Gasteiger charge is 2.43. The van der Waals surface area contributed by atoms with Gasteiger partial charge in [-0.05, 0) is 30.9 Å². The van der Waals surface area contributed by atoms with Gasteiger partial charge in [0.05, 0.1) is 11.5 Å². The predicted molar refractivity (Wildman–Crippen MR) is 74.3 cm³/mol. The molecule has 2 atom stereocenters. The van der Waals surface area contributed by atoms with E-state index in [1.165, 1.54) is 12.2 Å². The van der Waals surface area contributed by atoms with Crippen molar-refractivity contribution in [2.75, 3.05) is 23.0 Å². The summed E-state index contributed by atoms with van der Waals surface area (Å²) in [4.78, 5) is 0. The van der Waals surface area contributed by atoms with Gasteiger partial charge in [-0.25, -0.2) is 8.42 Å². The van der Waals surface area contributed by atoms with Crippen LogP contribution in [0.3, 0.4) is 0 Å². The van der Waals surface area contributed by atoms with Gasteiger partial charge in [-0.2, -0.15) is 11.8 Å². The molecule has 2 heterocycles. The molecule has 0 aliphatic carbocycles. The van der Waals surface area contributed by atoms with Crippen molar-refractivity contribution in [2.24, 2.45) is 5.41 Å². The molecule has 100 valence electrons. The third kappa shape index (κ3) is 3.18. The molecule has 0 bridgehead atoms. The Morgan fingerprint density at radius 2 is 1.94 bits per heavy atom. The van der Waals surface area contributed by atoms with E-state index in [0.29, 0.717) is 17.5 Å². The van der Waals surface area contributed by atoms with Gasteiger partial charge >= 0.3 is 0 Å². The summed E-state index contributed by atoms with van der Waals surface area (Å²) >= 11 is 1.98. The van der Waals surface area contributed by atoms with Crippen LogP contribution in [-0.2, 0) is 9.84 Å². The maximum atomic E-state index is 11.6. The third-order valence-electron chi connectivity index (χ3n) is 4.14. The highest BCUT2D eigenvalue weighted by atomic mass is 32.2. The Hall–Kier alpha value is 0.260. The van der Waals surface area contributed by atoms with Crippen LogP contribution in [0, 0.1) is 5.41 Å². The fraction of sp³-hybridized carbons (Fsp3) is 1.00. The van der Waals surface area contributed by atoms with Crippen LogP contribution in [0.4, 0.5) is 0 Å². The maximum absolute atomic E-state index is 11.6. The Bertz CT molecular complexity index is 391. The number of nitrogens with one attached hydrogen (secondary N) is 1. The van der Waals surface area contributed by atoms with Crippen LogP contribution < -0.4 is 5.32 Å². The molecule has 0 aromatic rings. The standard InChI is InChI=1S/C12H23NO2S2/c1-11(2)4-6-16-8-10(11)13-12(3)5-7-17(14,15)9-12/h10,13H,4-9H2,1-3H3. The van der Waals surface area contributed by atoms with Crippen molar-refractivity contribution in [1.29, 1.82) is 0 Å². The van der Waals surface area contributed by atoms with Crippen molar-refractivity contribution in [3.8, 4) is 0 Å². The van der Waals surface area contributed by atoms with Crippen LogP contribution in [0.2, 0.25) is 0 Å². The minimum absolute atomic E-state index is 0.210. The first-order valence-electron chi connectivity index (χ1n) is 6.28. The average Bonchev–Trinajstić information content (AvgIpc) is 2.45. The summed E-state index contributed by atoms with van der Waals surface area (Å²) in [5, 5.41) is 3.64. The van der Waals surface area contributed by atoms with E-state index in [4.69, 9.17) is 0 Å². The molecule has 2 rings (SSSR count). The SMILES string of the molecule is CC1(NC2CSCCC2(C)C)CCS(=O)(=O)C1. The monoisotopic (exact) mass is 277 g/mol. The van der Waals surface area contributed by atoms with Gasteiger partial charge in [-0.15, -0.1) is 0 Å². The Kier molecular flexibility index (Phi) is 3.56. The number of sulfone groups is 1.